The van der Waals surface area contributed by atoms with Crippen LogP contribution in [-0.2, 0) is 0 Å². The molecular formula is C25H19Cl2N3. The maximum atomic E-state index is 9.92. The van der Waals surface area contributed by atoms with E-state index in [0.717, 1.165) is 27.9 Å². The number of nitriles is 1. The van der Waals surface area contributed by atoms with Gasteiger partial charge in [0.1, 0.15) is 11.9 Å². The molecule has 5 heteroatoms. The summed E-state index contributed by atoms with van der Waals surface area (Å²) in [6.45, 7) is 6.16. The molecule has 0 radical (unpaired) electrons. The molecular weight excluding hydrogens is 413 g/mol. The number of benzene rings is 3. The minimum Gasteiger partial charge on any atom is -0.291 e. The lowest BCUT2D eigenvalue weighted by atomic mass is 10.1. The van der Waals surface area contributed by atoms with E-state index in [9.17, 15) is 5.26 Å². The number of halogens is 2. The molecule has 0 aliphatic rings. The van der Waals surface area contributed by atoms with Crippen LogP contribution in [0, 0.1) is 32.1 Å². The van der Waals surface area contributed by atoms with E-state index >= 15 is 0 Å². The molecule has 3 aromatic carbocycles. The second-order valence-electron chi connectivity index (χ2n) is 7.32. The molecule has 0 aliphatic carbocycles. The summed E-state index contributed by atoms with van der Waals surface area (Å²) in [4.78, 5) is 4.74. The summed E-state index contributed by atoms with van der Waals surface area (Å²) in [5.41, 5.74) is 7.04. The SMILES string of the molecule is Cc1ccc(-c2nc(C#N)c(-c3cccc(Cl)c3)n2-c2cc(Cl)ccc2C)cc1C. The molecule has 1 heterocycles. The van der Waals surface area contributed by atoms with E-state index in [2.05, 4.69) is 32.0 Å². The Kier molecular flexibility index (Phi) is 5.39. The molecule has 4 rings (SSSR count). The number of imidazole rings is 1. The number of aromatic nitrogens is 2. The van der Waals surface area contributed by atoms with Crippen LogP contribution in [0.3, 0.4) is 0 Å². The van der Waals surface area contributed by atoms with Crippen molar-refractivity contribution in [1.29, 1.82) is 5.26 Å². The Morgan fingerprint density at radius 1 is 0.800 bits per heavy atom. The number of nitrogens with zero attached hydrogens (tertiary/aromatic N) is 3. The highest BCUT2D eigenvalue weighted by atomic mass is 35.5. The highest BCUT2D eigenvalue weighted by molar-refractivity contribution is 6.31. The summed E-state index contributed by atoms with van der Waals surface area (Å²) in [5.74, 6) is 0.690. The van der Waals surface area contributed by atoms with E-state index < -0.39 is 0 Å². The van der Waals surface area contributed by atoms with Crippen molar-refractivity contribution < 1.29 is 0 Å². The summed E-state index contributed by atoms with van der Waals surface area (Å²) >= 11 is 12.6. The molecule has 4 aromatic rings. The number of hydrogen-bond donors (Lipinski definition) is 0. The van der Waals surface area contributed by atoms with Gasteiger partial charge in [0, 0.05) is 21.2 Å². The lowest BCUT2D eigenvalue weighted by Gasteiger charge is -2.16. The molecule has 0 N–H and O–H groups in total. The fourth-order valence-electron chi connectivity index (χ4n) is 3.53. The first-order valence-corrected chi connectivity index (χ1v) is 10.3. The minimum atomic E-state index is 0.338. The third kappa shape index (κ3) is 3.61. The van der Waals surface area contributed by atoms with Gasteiger partial charge in [0.15, 0.2) is 5.69 Å². The summed E-state index contributed by atoms with van der Waals surface area (Å²) < 4.78 is 2.01. The fraction of sp³-hybridized carbons (Fsp3) is 0.120. The molecule has 30 heavy (non-hydrogen) atoms. The molecule has 148 valence electrons. The average molecular weight is 432 g/mol. The third-order valence-corrected chi connectivity index (χ3v) is 5.73. The molecule has 0 amide bonds. The van der Waals surface area contributed by atoms with Gasteiger partial charge in [0.25, 0.3) is 0 Å². The molecule has 3 nitrogen and oxygen atoms in total. The van der Waals surface area contributed by atoms with Crippen LogP contribution >= 0.6 is 23.2 Å². The van der Waals surface area contributed by atoms with Gasteiger partial charge in [-0.25, -0.2) is 4.98 Å². The molecule has 0 spiro atoms. The van der Waals surface area contributed by atoms with Gasteiger partial charge < -0.3 is 0 Å². The van der Waals surface area contributed by atoms with Gasteiger partial charge >= 0.3 is 0 Å². The Bertz CT molecular complexity index is 1310. The predicted octanol–water partition coefficient (Wildman–Crippen LogP) is 7.31. The van der Waals surface area contributed by atoms with Crippen molar-refractivity contribution in [3.8, 4) is 34.4 Å². The first-order valence-electron chi connectivity index (χ1n) is 9.52. The predicted molar refractivity (Wildman–Crippen MR) is 123 cm³/mol. The van der Waals surface area contributed by atoms with Crippen molar-refractivity contribution in [2.24, 2.45) is 0 Å². The Balaban J connectivity index is 2.13. The van der Waals surface area contributed by atoms with E-state index in [1.807, 2.05) is 60.0 Å². The maximum absolute atomic E-state index is 9.92. The van der Waals surface area contributed by atoms with Crippen LogP contribution in [0.5, 0.6) is 0 Å². The van der Waals surface area contributed by atoms with Crippen LogP contribution in [-0.4, -0.2) is 9.55 Å². The largest absolute Gasteiger partial charge is 0.291 e. The summed E-state index contributed by atoms with van der Waals surface area (Å²) in [7, 11) is 0. The normalized spacial score (nSPS) is 10.8. The van der Waals surface area contributed by atoms with E-state index in [-0.39, 0.29) is 0 Å². The Morgan fingerprint density at radius 2 is 1.53 bits per heavy atom. The van der Waals surface area contributed by atoms with Crippen LogP contribution in [0.2, 0.25) is 10.0 Å². The van der Waals surface area contributed by atoms with Crippen molar-refractivity contribution in [2.45, 2.75) is 20.8 Å². The van der Waals surface area contributed by atoms with E-state index in [4.69, 9.17) is 28.2 Å². The molecule has 1 aromatic heterocycles. The lowest BCUT2D eigenvalue weighted by molar-refractivity contribution is 1.05. The van der Waals surface area contributed by atoms with Gasteiger partial charge in [-0.2, -0.15) is 5.26 Å². The number of aryl methyl sites for hydroxylation is 3. The standard InChI is InChI=1S/C25H19Cl2N3/c1-15-7-9-19(11-17(15)3)25-29-22(14-28)24(18-5-4-6-20(26)12-18)30(25)23-13-21(27)10-8-16(23)2/h4-13H,1-3H3. The fourth-order valence-corrected chi connectivity index (χ4v) is 3.89. The zero-order chi connectivity index (χ0) is 21.4. The Labute approximate surface area is 186 Å². The second-order valence-corrected chi connectivity index (χ2v) is 8.19. The summed E-state index contributed by atoms with van der Waals surface area (Å²) in [5, 5.41) is 11.1. The first-order chi connectivity index (χ1) is 14.4. The smallest absolute Gasteiger partial charge is 0.167 e. The quantitative estimate of drug-likeness (QED) is 0.341. The van der Waals surface area contributed by atoms with Crippen molar-refractivity contribution in [3.05, 3.63) is 93.1 Å². The third-order valence-electron chi connectivity index (χ3n) is 5.26. The van der Waals surface area contributed by atoms with Gasteiger partial charge in [0.2, 0.25) is 0 Å². The van der Waals surface area contributed by atoms with E-state index in [1.165, 1.54) is 5.56 Å². The van der Waals surface area contributed by atoms with Gasteiger partial charge in [-0.3, -0.25) is 4.57 Å². The monoisotopic (exact) mass is 431 g/mol. The molecule has 0 aliphatic heterocycles. The van der Waals surface area contributed by atoms with Crippen molar-refractivity contribution >= 4 is 23.2 Å². The number of rotatable bonds is 3. The van der Waals surface area contributed by atoms with Crippen LogP contribution < -0.4 is 0 Å². The zero-order valence-corrected chi connectivity index (χ0v) is 18.4. The van der Waals surface area contributed by atoms with Crippen molar-refractivity contribution in [1.82, 2.24) is 9.55 Å². The van der Waals surface area contributed by atoms with E-state index in [1.54, 1.807) is 0 Å². The molecule has 0 saturated heterocycles. The topological polar surface area (TPSA) is 41.6 Å². The minimum absolute atomic E-state index is 0.338. The van der Waals surface area contributed by atoms with Gasteiger partial charge in [-0.1, -0.05) is 53.5 Å². The summed E-state index contributed by atoms with van der Waals surface area (Å²) in [6.07, 6.45) is 0. The van der Waals surface area contributed by atoms with Crippen molar-refractivity contribution in [3.63, 3.8) is 0 Å². The highest BCUT2D eigenvalue weighted by Gasteiger charge is 2.23. The second kappa shape index (κ2) is 7.99. The zero-order valence-electron chi connectivity index (χ0n) is 16.9. The molecule has 0 saturated carbocycles. The highest BCUT2D eigenvalue weighted by Crippen LogP contribution is 2.36. The van der Waals surface area contributed by atoms with Gasteiger partial charge in [0.05, 0.1) is 11.4 Å². The van der Waals surface area contributed by atoms with Crippen LogP contribution in [0.25, 0.3) is 28.3 Å². The Morgan fingerprint density at radius 3 is 2.23 bits per heavy atom. The Hall–Kier alpha value is -3.06. The van der Waals surface area contributed by atoms with Crippen LogP contribution in [0.15, 0.2) is 60.7 Å². The molecule has 0 unspecified atom stereocenters. The van der Waals surface area contributed by atoms with Crippen LogP contribution in [0.4, 0.5) is 0 Å². The maximum Gasteiger partial charge on any atom is 0.167 e. The van der Waals surface area contributed by atoms with E-state index in [0.29, 0.717) is 27.3 Å². The molecule has 0 atom stereocenters. The molecule has 0 fully saturated rings. The summed E-state index contributed by atoms with van der Waals surface area (Å²) in [6, 6.07) is 21.7. The first kappa shape index (κ1) is 20.2. The average Bonchev–Trinajstić information content (AvgIpc) is 3.11. The van der Waals surface area contributed by atoms with Crippen molar-refractivity contribution in [2.75, 3.05) is 0 Å². The van der Waals surface area contributed by atoms with Gasteiger partial charge in [-0.15, -0.1) is 0 Å². The van der Waals surface area contributed by atoms with Gasteiger partial charge in [-0.05, 0) is 67.8 Å². The number of hydrogen-bond acceptors (Lipinski definition) is 2. The molecule has 0 bridgehead atoms. The lowest BCUT2D eigenvalue weighted by Crippen LogP contribution is -2.03. The van der Waals surface area contributed by atoms with Crippen LogP contribution in [0.1, 0.15) is 22.4 Å².